The van der Waals surface area contributed by atoms with Crippen LogP contribution in [0.1, 0.15) is 34.6 Å². The SMILES string of the molecule is CC1=[C-]C(C)(C)C(C)=C1C.C[PH+](C)C.O=[C]=[W]=[C]=O.[CH2-][Si]Cl. The van der Waals surface area contributed by atoms with E-state index in [1.165, 1.54) is 25.3 Å². The van der Waals surface area contributed by atoms with Gasteiger partial charge in [-0.1, -0.05) is 33.1 Å². The van der Waals surface area contributed by atoms with Gasteiger partial charge in [-0.3, -0.25) is 6.08 Å². The Bertz CT molecular complexity index is 468. The third-order valence-electron chi connectivity index (χ3n) is 2.65. The summed E-state index contributed by atoms with van der Waals surface area (Å²) in [5, 5.41) is 0. The molecule has 0 aliphatic heterocycles. The van der Waals surface area contributed by atoms with Gasteiger partial charge in [0.1, 0.15) is 0 Å². The summed E-state index contributed by atoms with van der Waals surface area (Å²) in [5.74, 6) is 0. The van der Waals surface area contributed by atoms with E-state index >= 15 is 0 Å². The van der Waals surface area contributed by atoms with Crippen molar-refractivity contribution in [2.24, 2.45) is 5.41 Å². The standard InChI is InChI=1S/C10H15.C3H9P.CH2ClSi.2CO.W/c1-7-6-10(4,5)9(3)8(7)2;1-4(2)3;1-3-2;2*1-2;/h1-5H3;1-3H3;1H2;;;/q-1;;-1;;;/p+1. The van der Waals surface area contributed by atoms with Crippen molar-refractivity contribution in [2.45, 2.75) is 34.6 Å². The Balaban J connectivity index is -0.000000255. The molecule has 2 nitrogen and oxygen atoms in total. The van der Waals surface area contributed by atoms with Gasteiger partial charge in [0.25, 0.3) is 0 Å². The Morgan fingerprint density at radius 1 is 1.18 bits per heavy atom. The van der Waals surface area contributed by atoms with Crippen LogP contribution in [0, 0.1) is 18.0 Å². The van der Waals surface area contributed by atoms with E-state index in [2.05, 4.69) is 67.2 Å². The number of hydrogen-bond donors (Lipinski definition) is 0. The largest absolute Gasteiger partial charge is 0.333 e. The first-order valence-electron chi connectivity index (χ1n) is 6.61. The molecule has 22 heavy (non-hydrogen) atoms. The zero-order chi connectivity index (χ0) is 18.3. The Morgan fingerprint density at radius 3 is 1.55 bits per heavy atom. The van der Waals surface area contributed by atoms with E-state index in [-0.39, 0.29) is 13.3 Å². The van der Waals surface area contributed by atoms with Crippen LogP contribution in [-0.4, -0.2) is 37.4 Å². The smallest absolute Gasteiger partial charge is 0.0303 e. The van der Waals surface area contributed by atoms with Crippen LogP contribution in [0.25, 0.3) is 0 Å². The molecule has 0 atom stereocenters. The molecule has 1 aliphatic rings. The van der Waals surface area contributed by atoms with Gasteiger partial charge in [0, 0.05) is 20.0 Å². The molecule has 126 valence electrons. The van der Waals surface area contributed by atoms with Gasteiger partial charge in [0.15, 0.2) is 0 Å². The van der Waals surface area contributed by atoms with Crippen molar-refractivity contribution < 1.29 is 27.2 Å². The molecule has 0 aromatic rings. The number of rotatable bonds is 0. The first kappa shape index (κ1) is 27.1. The maximum atomic E-state index is 9.09. The Morgan fingerprint density at radius 2 is 1.50 bits per heavy atom. The summed E-state index contributed by atoms with van der Waals surface area (Å²) in [6, 6.07) is 0. The zero-order valence-corrected chi connectivity index (χ0v) is 20.5. The predicted octanol–water partition coefficient (Wildman–Crippen LogP) is 4.04. The van der Waals surface area contributed by atoms with Gasteiger partial charge < -0.3 is 6.55 Å². The first-order valence-corrected chi connectivity index (χ1v) is 14.8. The van der Waals surface area contributed by atoms with E-state index in [1.807, 2.05) is 0 Å². The predicted molar refractivity (Wildman–Crippen MR) is 99.0 cm³/mol. The van der Waals surface area contributed by atoms with Crippen LogP contribution >= 0.6 is 19.0 Å². The van der Waals surface area contributed by atoms with Crippen molar-refractivity contribution >= 4 is 36.4 Å². The minimum absolute atomic E-state index is 0.120. The number of halogens is 1. The van der Waals surface area contributed by atoms with Crippen LogP contribution in [0.3, 0.4) is 0 Å². The molecule has 1 rings (SSSR count). The average molecular weight is 530 g/mol. The quantitative estimate of drug-likeness (QED) is 0.205. The molecule has 0 saturated heterocycles. The fraction of sp³-hybridized carbons (Fsp3) is 0.562. The van der Waals surface area contributed by atoms with Crippen LogP contribution in [0.15, 0.2) is 16.7 Å². The van der Waals surface area contributed by atoms with Crippen molar-refractivity contribution in [2.75, 3.05) is 20.0 Å². The fourth-order valence-corrected chi connectivity index (χ4v) is 1.55. The average Bonchev–Trinajstić information content (AvgIpc) is 2.54. The van der Waals surface area contributed by atoms with Crippen LogP contribution in [0.5, 0.6) is 0 Å². The summed E-state index contributed by atoms with van der Waals surface area (Å²) in [5.41, 5.74) is 4.39. The van der Waals surface area contributed by atoms with Crippen molar-refractivity contribution in [3.05, 3.63) is 29.3 Å². The summed E-state index contributed by atoms with van der Waals surface area (Å²) in [6.45, 7) is 21.0. The van der Waals surface area contributed by atoms with Gasteiger partial charge in [-0.05, 0) is 16.8 Å². The van der Waals surface area contributed by atoms with Gasteiger partial charge in [-0.2, -0.15) is 11.1 Å². The van der Waals surface area contributed by atoms with Gasteiger partial charge in [0.2, 0.25) is 0 Å². The maximum absolute atomic E-state index is 9.09. The Hall–Kier alpha value is 0.265. The van der Waals surface area contributed by atoms with Crippen molar-refractivity contribution in [3.63, 3.8) is 0 Å². The minimum Gasteiger partial charge on any atom is -0.333 e. The topological polar surface area (TPSA) is 34.1 Å². The molecule has 0 bridgehead atoms. The molecule has 0 amide bonds. The molecule has 0 aromatic heterocycles. The van der Waals surface area contributed by atoms with E-state index in [1.54, 1.807) is 0 Å². The monoisotopic (exact) mass is 529 g/mol. The van der Waals surface area contributed by atoms with Crippen LogP contribution in [0.2, 0.25) is 0 Å². The van der Waals surface area contributed by atoms with Crippen molar-refractivity contribution in [1.29, 1.82) is 0 Å². The second-order valence-electron chi connectivity index (χ2n) is 5.53. The molecule has 0 saturated carbocycles. The molecule has 0 heterocycles. The summed E-state index contributed by atoms with van der Waals surface area (Å²) in [4.78, 5) is 18.2. The second kappa shape index (κ2) is 16.1. The fourth-order valence-electron chi connectivity index (χ4n) is 1.42. The molecule has 0 fully saturated rings. The normalized spacial score (nSPS) is 14.0. The molecule has 0 unspecified atom stereocenters. The molecular formula is C16H27ClO2PSiW-. The molecule has 0 spiro atoms. The summed E-state index contributed by atoms with van der Waals surface area (Å²) >= 11 is 3.54. The van der Waals surface area contributed by atoms with E-state index in [9.17, 15) is 0 Å². The number of hydrogen-bond acceptors (Lipinski definition) is 2. The van der Waals surface area contributed by atoms with Gasteiger partial charge in [-0.25, -0.2) is 16.7 Å². The Kier molecular flexibility index (Phi) is 19.9. The zero-order valence-electron chi connectivity index (χ0n) is 14.8. The Labute approximate surface area is 152 Å². The molecule has 6 heteroatoms. The molecule has 1 aliphatic carbocycles. The second-order valence-corrected chi connectivity index (χ2v) is 11.5. The molecule has 0 aromatic carbocycles. The minimum atomic E-state index is -1.37. The molecule has 0 N–H and O–H groups in total. The summed E-state index contributed by atoms with van der Waals surface area (Å²) in [6.07, 6.45) is 3.44. The third kappa shape index (κ3) is 16.6. The first-order chi connectivity index (χ1) is 10.0. The van der Waals surface area contributed by atoms with E-state index < -0.39 is 17.6 Å². The molecule has 2 radical (unpaired) electrons. The van der Waals surface area contributed by atoms with Gasteiger partial charge >= 0.3 is 35.8 Å². The van der Waals surface area contributed by atoms with E-state index in [0.29, 0.717) is 8.83 Å². The summed E-state index contributed by atoms with van der Waals surface area (Å²) < 4.78 is 3.02. The van der Waals surface area contributed by atoms with Crippen molar-refractivity contribution in [1.82, 2.24) is 0 Å². The molecular weight excluding hydrogens is 503 g/mol. The van der Waals surface area contributed by atoms with Crippen LogP contribution in [-0.2, 0) is 27.2 Å². The van der Waals surface area contributed by atoms with Gasteiger partial charge in [-0.15, -0.1) is 6.92 Å². The van der Waals surface area contributed by atoms with E-state index in [0.717, 1.165) is 0 Å². The van der Waals surface area contributed by atoms with Gasteiger partial charge in [0.05, 0.1) is 0 Å². The summed E-state index contributed by atoms with van der Waals surface area (Å²) in [7, 11) is 0.426. The third-order valence-corrected chi connectivity index (χ3v) is 3.24. The van der Waals surface area contributed by atoms with Crippen LogP contribution in [0.4, 0.5) is 0 Å². The van der Waals surface area contributed by atoms with Crippen LogP contribution < -0.4 is 0 Å². The van der Waals surface area contributed by atoms with Crippen molar-refractivity contribution in [3.8, 4) is 0 Å². The maximum Gasteiger partial charge on any atom is -0.0303 e. The van der Waals surface area contributed by atoms with E-state index in [4.69, 9.17) is 20.7 Å². The number of allylic oxidation sites excluding steroid dienone is 4. The number of carbonyl (C=O) groups excluding carboxylic acids is 2.